The predicted molar refractivity (Wildman–Crippen MR) is 78.8 cm³/mol. The fraction of sp³-hybridized carbons (Fsp3) is 0.500. The highest BCUT2D eigenvalue weighted by molar-refractivity contribution is 5.82. The van der Waals surface area contributed by atoms with Crippen LogP contribution in [-0.2, 0) is 0 Å². The van der Waals surface area contributed by atoms with Crippen LogP contribution in [0.3, 0.4) is 0 Å². The molecule has 1 aromatic carbocycles. The second-order valence-corrected chi connectivity index (χ2v) is 5.94. The van der Waals surface area contributed by atoms with Crippen molar-refractivity contribution in [1.82, 2.24) is 9.47 Å². The third-order valence-corrected chi connectivity index (χ3v) is 3.81. The molecule has 1 fully saturated rings. The average molecular weight is 258 g/mol. The summed E-state index contributed by atoms with van der Waals surface area (Å²) >= 11 is 0. The van der Waals surface area contributed by atoms with Crippen molar-refractivity contribution in [3.8, 4) is 5.75 Å². The average Bonchev–Trinajstić information content (AvgIpc) is 3.03. The fourth-order valence-corrected chi connectivity index (χ4v) is 2.80. The van der Waals surface area contributed by atoms with Crippen LogP contribution >= 0.6 is 0 Å². The van der Waals surface area contributed by atoms with Gasteiger partial charge in [0.25, 0.3) is 0 Å². The molecular weight excluding hydrogens is 236 g/mol. The Labute approximate surface area is 114 Å². The van der Waals surface area contributed by atoms with Gasteiger partial charge in [-0.3, -0.25) is 0 Å². The number of rotatable bonds is 4. The lowest BCUT2D eigenvalue weighted by Gasteiger charge is -2.12. The van der Waals surface area contributed by atoms with Crippen LogP contribution in [0.15, 0.2) is 30.5 Å². The smallest absolute Gasteiger partial charge is 0.120 e. The second-order valence-electron chi connectivity index (χ2n) is 5.94. The summed E-state index contributed by atoms with van der Waals surface area (Å²) < 4.78 is 8.15. The fourth-order valence-electron chi connectivity index (χ4n) is 2.80. The molecule has 0 saturated heterocycles. The zero-order chi connectivity index (χ0) is 13.6. The van der Waals surface area contributed by atoms with E-state index >= 15 is 0 Å². The predicted octanol–water partition coefficient (Wildman–Crippen LogP) is 3.30. The Bertz CT molecular complexity index is 585. The number of ether oxygens (including phenoxy) is 1. The van der Waals surface area contributed by atoms with Crippen molar-refractivity contribution in [2.24, 2.45) is 0 Å². The quantitative estimate of drug-likeness (QED) is 0.837. The molecule has 0 bridgehead atoms. The Morgan fingerprint density at radius 1 is 1.26 bits per heavy atom. The Morgan fingerprint density at radius 3 is 2.68 bits per heavy atom. The maximum Gasteiger partial charge on any atom is 0.120 e. The number of likely N-dealkylation sites (N-methyl/N-ethyl adjacent to an activating group) is 1. The molecule has 1 aliphatic carbocycles. The van der Waals surface area contributed by atoms with Crippen molar-refractivity contribution >= 4 is 10.9 Å². The van der Waals surface area contributed by atoms with Gasteiger partial charge in [0.1, 0.15) is 5.75 Å². The Hall–Kier alpha value is -1.48. The van der Waals surface area contributed by atoms with E-state index in [4.69, 9.17) is 4.74 Å². The second kappa shape index (κ2) is 4.57. The van der Waals surface area contributed by atoms with Gasteiger partial charge >= 0.3 is 0 Å². The molecular formula is C16H22N2O. The molecule has 1 unspecified atom stereocenters. The van der Waals surface area contributed by atoms with Crippen molar-refractivity contribution in [2.45, 2.75) is 38.5 Å². The molecule has 0 amide bonds. The molecule has 3 nitrogen and oxygen atoms in total. The summed E-state index contributed by atoms with van der Waals surface area (Å²) in [5.41, 5.74) is 1.31. The zero-order valence-corrected chi connectivity index (χ0v) is 12.1. The molecule has 0 N–H and O–H groups in total. The molecule has 1 aromatic heterocycles. The Kier molecular flexibility index (Phi) is 3.02. The number of fused-ring (bicyclic) bond motifs is 1. The minimum atomic E-state index is 0.223. The number of aromatic nitrogens is 1. The SMILES string of the molecule is CC(C)Oc1ccc2c(ccn2[C@H]2CC2N(C)C)c1. The summed E-state index contributed by atoms with van der Waals surface area (Å²) in [5, 5.41) is 1.27. The van der Waals surface area contributed by atoms with Gasteiger partial charge in [0, 0.05) is 23.1 Å². The molecule has 0 spiro atoms. The molecule has 19 heavy (non-hydrogen) atoms. The Morgan fingerprint density at radius 2 is 2.05 bits per heavy atom. The van der Waals surface area contributed by atoms with Crippen LogP contribution in [0, 0.1) is 0 Å². The molecule has 3 rings (SSSR count). The molecule has 3 heteroatoms. The topological polar surface area (TPSA) is 17.4 Å². The molecule has 102 valence electrons. The van der Waals surface area contributed by atoms with E-state index in [1.54, 1.807) is 0 Å². The minimum Gasteiger partial charge on any atom is -0.491 e. The Balaban J connectivity index is 1.88. The molecule has 0 radical (unpaired) electrons. The van der Waals surface area contributed by atoms with Gasteiger partial charge in [0.2, 0.25) is 0 Å². The van der Waals surface area contributed by atoms with Crippen LogP contribution in [0.4, 0.5) is 0 Å². The van der Waals surface area contributed by atoms with E-state index in [1.165, 1.54) is 17.3 Å². The van der Waals surface area contributed by atoms with Gasteiger partial charge in [-0.05, 0) is 58.6 Å². The van der Waals surface area contributed by atoms with E-state index in [0.717, 1.165) is 5.75 Å². The first-order valence-electron chi connectivity index (χ1n) is 7.00. The summed E-state index contributed by atoms with van der Waals surface area (Å²) in [5.74, 6) is 0.959. The molecule has 1 heterocycles. The molecule has 2 aromatic rings. The van der Waals surface area contributed by atoms with Crippen LogP contribution < -0.4 is 4.74 Å². The molecule has 1 saturated carbocycles. The van der Waals surface area contributed by atoms with Crippen molar-refractivity contribution in [3.05, 3.63) is 30.5 Å². The summed E-state index contributed by atoms with van der Waals surface area (Å²) in [6, 6.07) is 9.89. The van der Waals surface area contributed by atoms with Crippen LogP contribution in [0.2, 0.25) is 0 Å². The van der Waals surface area contributed by atoms with Crippen molar-refractivity contribution in [3.63, 3.8) is 0 Å². The highest BCUT2D eigenvalue weighted by Gasteiger charge is 2.40. The largest absolute Gasteiger partial charge is 0.491 e. The third kappa shape index (κ3) is 2.35. The van der Waals surface area contributed by atoms with Crippen LogP contribution in [-0.4, -0.2) is 35.7 Å². The van der Waals surface area contributed by atoms with Crippen LogP contribution in [0.5, 0.6) is 5.75 Å². The van der Waals surface area contributed by atoms with Gasteiger partial charge in [-0.25, -0.2) is 0 Å². The first-order valence-corrected chi connectivity index (χ1v) is 7.00. The number of nitrogens with zero attached hydrogens (tertiary/aromatic N) is 2. The lowest BCUT2D eigenvalue weighted by Crippen LogP contribution is -2.17. The van der Waals surface area contributed by atoms with Crippen LogP contribution in [0.1, 0.15) is 26.3 Å². The maximum atomic E-state index is 5.75. The van der Waals surface area contributed by atoms with Gasteiger partial charge in [0.15, 0.2) is 0 Å². The summed E-state index contributed by atoms with van der Waals surface area (Å²) in [6.07, 6.45) is 3.68. The van der Waals surface area contributed by atoms with E-state index in [1.807, 2.05) is 0 Å². The van der Waals surface area contributed by atoms with Gasteiger partial charge in [-0.1, -0.05) is 0 Å². The highest BCUT2D eigenvalue weighted by atomic mass is 16.5. The van der Waals surface area contributed by atoms with Gasteiger partial charge in [-0.2, -0.15) is 0 Å². The van der Waals surface area contributed by atoms with E-state index in [-0.39, 0.29) is 6.10 Å². The number of benzene rings is 1. The van der Waals surface area contributed by atoms with Crippen molar-refractivity contribution < 1.29 is 4.74 Å². The molecule has 1 aliphatic rings. The van der Waals surface area contributed by atoms with E-state index in [0.29, 0.717) is 12.1 Å². The highest BCUT2D eigenvalue weighted by Crippen LogP contribution is 2.41. The molecule has 0 aliphatic heterocycles. The maximum absolute atomic E-state index is 5.75. The van der Waals surface area contributed by atoms with Crippen molar-refractivity contribution in [2.75, 3.05) is 14.1 Å². The number of hydrogen-bond donors (Lipinski definition) is 0. The van der Waals surface area contributed by atoms with Gasteiger partial charge in [-0.15, -0.1) is 0 Å². The van der Waals surface area contributed by atoms with Crippen LogP contribution in [0.25, 0.3) is 10.9 Å². The van der Waals surface area contributed by atoms with Gasteiger partial charge < -0.3 is 14.2 Å². The third-order valence-electron chi connectivity index (χ3n) is 3.81. The standard InChI is InChI=1S/C16H22N2O/c1-11(2)19-13-5-6-14-12(9-13)7-8-18(14)16-10-15(16)17(3)4/h5-9,11,15-16H,10H2,1-4H3/t15?,16-/m0/s1. The zero-order valence-electron chi connectivity index (χ0n) is 12.1. The first kappa shape index (κ1) is 12.5. The number of hydrogen-bond acceptors (Lipinski definition) is 2. The minimum absolute atomic E-state index is 0.223. The summed E-state index contributed by atoms with van der Waals surface area (Å²) in [6.45, 7) is 4.11. The van der Waals surface area contributed by atoms with E-state index in [9.17, 15) is 0 Å². The summed E-state index contributed by atoms with van der Waals surface area (Å²) in [7, 11) is 4.32. The van der Waals surface area contributed by atoms with Crippen molar-refractivity contribution in [1.29, 1.82) is 0 Å². The lowest BCUT2D eigenvalue weighted by atomic mass is 10.2. The first-order chi connectivity index (χ1) is 9.06. The molecule has 2 atom stereocenters. The monoisotopic (exact) mass is 258 g/mol. The normalized spacial score (nSPS) is 22.4. The summed E-state index contributed by atoms with van der Waals surface area (Å²) in [4.78, 5) is 2.31. The van der Waals surface area contributed by atoms with E-state index in [2.05, 4.69) is 67.9 Å². The van der Waals surface area contributed by atoms with Gasteiger partial charge in [0.05, 0.1) is 12.1 Å². The van der Waals surface area contributed by atoms with E-state index < -0.39 is 0 Å². The lowest BCUT2D eigenvalue weighted by molar-refractivity contribution is 0.243.